The average Bonchev–Trinajstić information content (AvgIpc) is 2.71. The van der Waals surface area contributed by atoms with Gasteiger partial charge in [0.2, 0.25) is 5.95 Å². The standard InChI is InChI=1S/C20H21N5O2/c1-14-11-18(19(26)22-12-16-7-9-21-10-8-16)25-20(24-14)23-13-15-3-5-17(27-2)6-4-15/h3-11H,12-13H2,1-2H3,(H,22,26)(H,23,24,25). The van der Waals surface area contributed by atoms with Gasteiger partial charge in [-0.1, -0.05) is 12.1 Å². The molecule has 7 heteroatoms. The van der Waals surface area contributed by atoms with Gasteiger partial charge in [0.1, 0.15) is 11.4 Å². The van der Waals surface area contributed by atoms with E-state index in [0.717, 1.165) is 22.6 Å². The molecule has 3 rings (SSSR count). The van der Waals surface area contributed by atoms with Crippen LogP contribution in [0.25, 0.3) is 0 Å². The third-order valence-electron chi connectivity index (χ3n) is 3.90. The van der Waals surface area contributed by atoms with E-state index in [0.29, 0.717) is 24.7 Å². The summed E-state index contributed by atoms with van der Waals surface area (Å²) in [7, 11) is 1.63. The summed E-state index contributed by atoms with van der Waals surface area (Å²) in [6.45, 7) is 2.80. The summed E-state index contributed by atoms with van der Waals surface area (Å²) in [6.07, 6.45) is 3.38. The smallest absolute Gasteiger partial charge is 0.270 e. The monoisotopic (exact) mass is 363 g/mol. The molecule has 0 bridgehead atoms. The highest BCUT2D eigenvalue weighted by molar-refractivity contribution is 5.92. The van der Waals surface area contributed by atoms with Crippen LogP contribution in [-0.4, -0.2) is 28.0 Å². The highest BCUT2D eigenvalue weighted by atomic mass is 16.5. The zero-order chi connectivity index (χ0) is 19.1. The molecule has 0 unspecified atom stereocenters. The van der Waals surface area contributed by atoms with Gasteiger partial charge in [-0.2, -0.15) is 0 Å². The molecule has 2 N–H and O–H groups in total. The molecule has 0 saturated heterocycles. The van der Waals surface area contributed by atoms with Gasteiger partial charge in [-0.05, 0) is 48.4 Å². The summed E-state index contributed by atoms with van der Waals surface area (Å²) in [4.78, 5) is 25.0. The van der Waals surface area contributed by atoms with E-state index in [4.69, 9.17) is 4.74 Å². The van der Waals surface area contributed by atoms with E-state index in [1.165, 1.54) is 0 Å². The molecule has 3 aromatic rings. The molecule has 27 heavy (non-hydrogen) atoms. The number of carbonyl (C=O) groups excluding carboxylic acids is 1. The Hall–Kier alpha value is -3.48. The highest BCUT2D eigenvalue weighted by Gasteiger charge is 2.10. The molecule has 138 valence electrons. The number of aromatic nitrogens is 3. The molecule has 1 amide bonds. The maximum Gasteiger partial charge on any atom is 0.270 e. The van der Waals surface area contributed by atoms with Crippen LogP contribution in [0.3, 0.4) is 0 Å². The Morgan fingerprint density at radius 2 is 1.70 bits per heavy atom. The van der Waals surface area contributed by atoms with Crippen molar-refractivity contribution in [3.05, 3.63) is 77.4 Å². The quantitative estimate of drug-likeness (QED) is 0.671. The number of methoxy groups -OCH3 is 1. The van der Waals surface area contributed by atoms with E-state index < -0.39 is 0 Å². The van der Waals surface area contributed by atoms with Crippen molar-refractivity contribution < 1.29 is 9.53 Å². The number of pyridine rings is 1. The largest absolute Gasteiger partial charge is 0.497 e. The second kappa shape index (κ2) is 8.75. The van der Waals surface area contributed by atoms with Gasteiger partial charge in [0, 0.05) is 31.2 Å². The molecule has 0 aliphatic heterocycles. The molecule has 2 aromatic heterocycles. The molecule has 0 aliphatic rings. The predicted octanol–water partition coefficient (Wildman–Crippen LogP) is 2.73. The normalized spacial score (nSPS) is 10.3. The summed E-state index contributed by atoms with van der Waals surface area (Å²) in [6, 6.07) is 13.1. The van der Waals surface area contributed by atoms with Gasteiger partial charge in [0.05, 0.1) is 7.11 Å². The second-order valence-electron chi connectivity index (χ2n) is 5.96. The molecule has 0 aliphatic carbocycles. The molecule has 7 nitrogen and oxygen atoms in total. The van der Waals surface area contributed by atoms with Crippen molar-refractivity contribution in [2.75, 3.05) is 12.4 Å². The third kappa shape index (κ3) is 5.24. The summed E-state index contributed by atoms with van der Waals surface area (Å²) in [5.41, 5.74) is 3.08. The van der Waals surface area contributed by atoms with E-state index in [-0.39, 0.29) is 5.91 Å². The number of anilines is 1. The molecular weight excluding hydrogens is 342 g/mol. The van der Waals surface area contributed by atoms with Crippen LogP contribution in [0.1, 0.15) is 27.3 Å². The average molecular weight is 363 g/mol. The van der Waals surface area contributed by atoms with E-state index in [1.54, 1.807) is 25.6 Å². The Labute approximate surface area is 157 Å². The maximum atomic E-state index is 12.4. The molecule has 0 saturated carbocycles. The number of hydrogen-bond acceptors (Lipinski definition) is 6. The maximum absolute atomic E-state index is 12.4. The van der Waals surface area contributed by atoms with Gasteiger partial charge in [0.25, 0.3) is 5.91 Å². The number of amides is 1. The van der Waals surface area contributed by atoms with Gasteiger partial charge in [-0.3, -0.25) is 9.78 Å². The Balaban J connectivity index is 1.63. The number of benzene rings is 1. The van der Waals surface area contributed by atoms with E-state index in [1.807, 2.05) is 43.3 Å². The first kappa shape index (κ1) is 18.3. The molecule has 0 spiro atoms. The SMILES string of the molecule is COc1ccc(CNc2nc(C)cc(C(=O)NCc3ccncc3)n2)cc1. The van der Waals surface area contributed by atoms with E-state index in [9.17, 15) is 4.79 Å². The van der Waals surface area contributed by atoms with Gasteiger partial charge >= 0.3 is 0 Å². The van der Waals surface area contributed by atoms with Gasteiger partial charge < -0.3 is 15.4 Å². The molecule has 0 atom stereocenters. The first-order chi connectivity index (χ1) is 13.1. The summed E-state index contributed by atoms with van der Waals surface area (Å²) >= 11 is 0. The van der Waals surface area contributed by atoms with Crippen molar-refractivity contribution >= 4 is 11.9 Å². The van der Waals surface area contributed by atoms with Crippen LogP contribution in [0.4, 0.5) is 5.95 Å². The molecule has 2 heterocycles. The van der Waals surface area contributed by atoms with Crippen LogP contribution < -0.4 is 15.4 Å². The minimum Gasteiger partial charge on any atom is -0.497 e. The predicted molar refractivity (Wildman–Crippen MR) is 102 cm³/mol. The number of hydrogen-bond donors (Lipinski definition) is 2. The summed E-state index contributed by atoms with van der Waals surface area (Å²) in [5.74, 6) is 0.975. The van der Waals surface area contributed by atoms with Crippen molar-refractivity contribution in [2.24, 2.45) is 0 Å². The Morgan fingerprint density at radius 3 is 2.41 bits per heavy atom. The van der Waals surface area contributed by atoms with Crippen LogP contribution in [0, 0.1) is 6.92 Å². The van der Waals surface area contributed by atoms with Crippen LogP contribution in [-0.2, 0) is 13.1 Å². The Bertz CT molecular complexity index is 898. The summed E-state index contributed by atoms with van der Waals surface area (Å²) < 4.78 is 5.15. The van der Waals surface area contributed by atoms with Crippen molar-refractivity contribution in [1.82, 2.24) is 20.3 Å². The van der Waals surface area contributed by atoms with Gasteiger partial charge in [-0.25, -0.2) is 9.97 Å². The number of rotatable bonds is 7. The van der Waals surface area contributed by atoms with E-state index >= 15 is 0 Å². The van der Waals surface area contributed by atoms with Crippen molar-refractivity contribution in [3.8, 4) is 5.75 Å². The fourth-order valence-electron chi connectivity index (χ4n) is 2.46. The fourth-order valence-corrected chi connectivity index (χ4v) is 2.46. The number of aryl methyl sites for hydroxylation is 1. The zero-order valence-corrected chi connectivity index (χ0v) is 15.3. The Morgan fingerprint density at radius 1 is 1.00 bits per heavy atom. The van der Waals surface area contributed by atoms with Crippen LogP contribution in [0.5, 0.6) is 5.75 Å². The molecule has 0 radical (unpaired) electrons. The van der Waals surface area contributed by atoms with Crippen molar-refractivity contribution in [3.63, 3.8) is 0 Å². The van der Waals surface area contributed by atoms with Crippen molar-refractivity contribution in [1.29, 1.82) is 0 Å². The summed E-state index contributed by atoms with van der Waals surface area (Å²) in [5, 5.41) is 6.01. The lowest BCUT2D eigenvalue weighted by molar-refractivity contribution is 0.0945. The third-order valence-corrected chi connectivity index (χ3v) is 3.90. The Kier molecular flexibility index (Phi) is 5.94. The first-order valence-electron chi connectivity index (χ1n) is 8.53. The lowest BCUT2D eigenvalue weighted by atomic mass is 10.2. The topological polar surface area (TPSA) is 89.0 Å². The minimum absolute atomic E-state index is 0.246. The number of carbonyl (C=O) groups is 1. The lowest BCUT2D eigenvalue weighted by Gasteiger charge is -2.09. The first-order valence-corrected chi connectivity index (χ1v) is 8.53. The van der Waals surface area contributed by atoms with Gasteiger partial charge in [0.15, 0.2) is 0 Å². The molecule has 1 aromatic carbocycles. The molecular formula is C20H21N5O2. The number of nitrogens with zero attached hydrogens (tertiary/aromatic N) is 3. The van der Waals surface area contributed by atoms with Crippen molar-refractivity contribution in [2.45, 2.75) is 20.0 Å². The number of ether oxygens (including phenoxy) is 1. The minimum atomic E-state index is -0.246. The van der Waals surface area contributed by atoms with Gasteiger partial charge in [-0.15, -0.1) is 0 Å². The highest BCUT2D eigenvalue weighted by Crippen LogP contribution is 2.13. The van der Waals surface area contributed by atoms with Crippen LogP contribution in [0.15, 0.2) is 54.9 Å². The van der Waals surface area contributed by atoms with Crippen LogP contribution >= 0.6 is 0 Å². The second-order valence-corrected chi connectivity index (χ2v) is 5.96. The van der Waals surface area contributed by atoms with E-state index in [2.05, 4.69) is 25.6 Å². The lowest BCUT2D eigenvalue weighted by Crippen LogP contribution is -2.24. The fraction of sp³-hybridized carbons (Fsp3) is 0.200. The zero-order valence-electron chi connectivity index (χ0n) is 15.3. The van der Waals surface area contributed by atoms with Crippen LogP contribution in [0.2, 0.25) is 0 Å². The molecule has 0 fully saturated rings. The number of nitrogens with one attached hydrogen (secondary N) is 2.